The third-order valence-electron chi connectivity index (χ3n) is 5.63. The van der Waals surface area contributed by atoms with Crippen LogP contribution in [0.5, 0.6) is 0 Å². The molecule has 2 aliphatic rings. The van der Waals surface area contributed by atoms with Crippen molar-refractivity contribution in [3.63, 3.8) is 0 Å². The third kappa shape index (κ3) is 3.23. The van der Waals surface area contributed by atoms with Gasteiger partial charge in [-0.25, -0.2) is 0 Å². The number of benzene rings is 2. The average Bonchev–Trinajstić information content (AvgIpc) is 3.51. The molecule has 1 saturated carbocycles. The number of piperazine rings is 1. The first-order valence-electron chi connectivity index (χ1n) is 9.28. The Morgan fingerprint density at radius 3 is 2.19 bits per heavy atom. The molecule has 0 aromatic heterocycles. The summed E-state index contributed by atoms with van der Waals surface area (Å²) in [7, 11) is 0. The highest BCUT2D eigenvalue weighted by Crippen LogP contribution is 2.49. The van der Waals surface area contributed by atoms with Gasteiger partial charge in [0.2, 0.25) is 5.91 Å². The van der Waals surface area contributed by atoms with Crippen LogP contribution in [0.15, 0.2) is 54.6 Å². The van der Waals surface area contributed by atoms with E-state index in [0.29, 0.717) is 11.5 Å². The Morgan fingerprint density at radius 1 is 0.962 bits per heavy atom. The first-order chi connectivity index (χ1) is 12.7. The molecule has 4 rings (SSSR count). The highest BCUT2D eigenvalue weighted by atomic mass is 16.2. The van der Waals surface area contributed by atoms with Crippen LogP contribution in [0.2, 0.25) is 0 Å². The Morgan fingerprint density at radius 2 is 1.62 bits per heavy atom. The number of nitrogens with zero attached hydrogens (tertiary/aromatic N) is 3. The Balaban J connectivity index is 1.35. The van der Waals surface area contributed by atoms with E-state index in [9.17, 15) is 4.79 Å². The predicted molar refractivity (Wildman–Crippen MR) is 100 cm³/mol. The third-order valence-corrected chi connectivity index (χ3v) is 5.63. The monoisotopic (exact) mass is 345 g/mol. The molecule has 0 unspecified atom stereocenters. The summed E-state index contributed by atoms with van der Waals surface area (Å²) >= 11 is 0. The van der Waals surface area contributed by atoms with E-state index < -0.39 is 0 Å². The molecule has 0 atom stereocenters. The van der Waals surface area contributed by atoms with Crippen molar-refractivity contribution in [3.8, 4) is 6.07 Å². The smallest absolute Gasteiger partial charge is 0.233 e. The van der Waals surface area contributed by atoms with Gasteiger partial charge in [-0.05, 0) is 36.1 Å². The average molecular weight is 345 g/mol. The molecule has 2 fully saturated rings. The zero-order chi connectivity index (χ0) is 18.0. The fraction of sp³-hybridized carbons (Fsp3) is 0.364. The van der Waals surface area contributed by atoms with E-state index in [-0.39, 0.29) is 5.41 Å². The van der Waals surface area contributed by atoms with E-state index in [0.717, 1.165) is 45.6 Å². The van der Waals surface area contributed by atoms with Crippen molar-refractivity contribution in [1.82, 2.24) is 9.80 Å². The normalized spacial score (nSPS) is 19.0. The molecule has 4 nitrogen and oxygen atoms in total. The van der Waals surface area contributed by atoms with Gasteiger partial charge in [0.15, 0.2) is 0 Å². The van der Waals surface area contributed by atoms with Gasteiger partial charge in [0.25, 0.3) is 0 Å². The summed E-state index contributed by atoms with van der Waals surface area (Å²) in [6.07, 6.45) is 1.95. The summed E-state index contributed by atoms with van der Waals surface area (Å²) in [6, 6.07) is 20.2. The second-order valence-electron chi connectivity index (χ2n) is 7.33. The van der Waals surface area contributed by atoms with Crippen molar-refractivity contribution in [3.05, 3.63) is 71.3 Å². The summed E-state index contributed by atoms with van der Waals surface area (Å²) in [4.78, 5) is 17.5. The second-order valence-corrected chi connectivity index (χ2v) is 7.33. The number of carbonyl (C=O) groups excluding carboxylic acids is 1. The van der Waals surface area contributed by atoms with Gasteiger partial charge in [-0.1, -0.05) is 42.5 Å². The van der Waals surface area contributed by atoms with E-state index in [1.807, 2.05) is 42.5 Å². The van der Waals surface area contributed by atoms with Crippen LogP contribution < -0.4 is 0 Å². The number of nitriles is 1. The molecule has 2 aromatic rings. The van der Waals surface area contributed by atoms with Crippen molar-refractivity contribution in [2.24, 2.45) is 0 Å². The molecule has 132 valence electrons. The van der Waals surface area contributed by atoms with Crippen molar-refractivity contribution >= 4 is 5.91 Å². The molecule has 1 aliphatic heterocycles. The molecule has 1 heterocycles. The summed E-state index contributed by atoms with van der Waals surface area (Å²) in [5, 5.41) is 8.89. The molecule has 0 bridgehead atoms. The van der Waals surface area contributed by atoms with Crippen LogP contribution in [-0.2, 0) is 16.8 Å². The fourth-order valence-corrected chi connectivity index (χ4v) is 3.86. The number of rotatable bonds is 4. The van der Waals surface area contributed by atoms with Gasteiger partial charge in [0, 0.05) is 32.7 Å². The quantitative estimate of drug-likeness (QED) is 0.856. The summed E-state index contributed by atoms with van der Waals surface area (Å²) in [5.41, 5.74) is 2.83. The molecular formula is C22H23N3O. The van der Waals surface area contributed by atoms with Crippen LogP contribution in [0, 0.1) is 11.3 Å². The van der Waals surface area contributed by atoms with Gasteiger partial charge in [-0.3, -0.25) is 9.69 Å². The summed E-state index contributed by atoms with van der Waals surface area (Å²) in [5.74, 6) is 0.307. The second kappa shape index (κ2) is 6.93. The Hall–Kier alpha value is -2.64. The SMILES string of the molecule is N#Cc1ccc(CN2CCN(C(=O)C3(c4ccccc4)CC3)CC2)cc1. The van der Waals surface area contributed by atoms with Crippen molar-refractivity contribution < 1.29 is 4.79 Å². The molecule has 1 amide bonds. The lowest BCUT2D eigenvalue weighted by atomic mass is 9.94. The fourth-order valence-electron chi connectivity index (χ4n) is 3.86. The minimum absolute atomic E-state index is 0.253. The van der Waals surface area contributed by atoms with Gasteiger partial charge in [-0.2, -0.15) is 5.26 Å². The maximum Gasteiger partial charge on any atom is 0.233 e. The molecule has 0 N–H and O–H groups in total. The number of hydrogen-bond acceptors (Lipinski definition) is 3. The lowest BCUT2D eigenvalue weighted by molar-refractivity contribution is -0.135. The summed E-state index contributed by atoms with van der Waals surface area (Å²) < 4.78 is 0. The number of hydrogen-bond donors (Lipinski definition) is 0. The minimum atomic E-state index is -0.253. The molecule has 4 heteroatoms. The van der Waals surface area contributed by atoms with Crippen molar-refractivity contribution in [2.75, 3.05) is 26.2 Å². The van der Waals surface area contributed by atoms with Crippen LogP contribution in [0.1, 0.15) is 29.5 Å². The Labute approximate surface area is 154 Å². The standard InChI is InChI=1S/C22H23N3O/c23-16-18-6-8-19(9-7-18)17-24-12-14-25(15-13-24)21(26)22(10-11-22)20-4-2-1-3-5-20/h1-9H,10-15,17H2. The molecule has 0 radical (unpaired) electrons. The van der Waals surface area contributed by atoms with E-state index in [4.69, 9.17) is 5.26 Å². The van der Waals surface area contributed by atoms with Crippen molar-refractivity contribution in [1.29, 1.82) is 5.26 Å². The van der Waals surface area contributed by atoms with E-state index in [2.05, 4.69) is 28.0 Å². The molecule has 2 aromatic carbocycles. The maximum atomic E-state index is 13.1. The van der Waals surface area contributed by atoms with E-state index in [1.165, 1.54) is 11.1 Å². The first-order valence-corrected chi connectivity index (χ1v) is 9.28. The Kier molecular flexibility index (Phi) is 4.48. The van der Waals surface area contributed by atoms with Crippen LogP contribution in [-0.4, -0.2) is 41.9 Å². The first kappa shape index (κ1) is 16.8. The van der Waals surface area contributed by atoms with Gasteiger partial charge in [0.1, 0.15) is 0 Å². The molecular weight excluding hydrogens is 322 g/mol. The van der Waals surface area contributed by atoms with Crippen LogP contribution in [0.3, 0.4) is 0 Å². The molecule has 1 aliphatic carbocycles. The zero-order valence-corrected chi connectivity index (χ0v) is 14.9. The van der Waals surface area contributed by atoms with Gasteiger partial charge < -0.3 is 4.90 Å². The van der Waals surface area contributed by atoms with Gasteiger partial charge in [0.05, 0.1) is 17.0 Å². The molecule has 26 heavy (non-hydrogen) atoms. The van der Waals surface area contributed by atoms with Gasteiger partial charge in [-0.15, -0.1) is 0 Å². The minimum Gasteiger partial charge on any atom is -0.339 e. The lowest BCUT2D eigenvalue weighted by Crippen LogP contribution is -2.51. The summed E-state index contributed by atoms with van der Waals surface area (Å²) in [6.45, 7) is 4.26. The van der Waals surface area contributed by atoms with Crippen molar-refractivity contribution in [2.45, 2.75) is 24.8 Å². The lowest BCUT2D eigenvalue weighted by Gasteiger charge is -2.36. The largest absolute Gasteiger partial charge is 0.339 e. The maximum absolute atomic E-state index is 13.1. The van der Waals surface area contributed by atoms with Crippen LogP contribution in [0.4, 0.5) is 0 Å². The van der Waals surface area contributed by atoms with E-state index in [1.54, 1.807) is 0 Å². The Bertz CT molecular complexity index is 811. The predicted octanol–water partition coefficient (Wildman–Crippen LogP) is 2.93. The number of carbonyl (C=O) groups is 1. The van der Waals surface area contributed by atoms with Gasteiger partial charge >= 0.3 is 0 Å². The van der Waals surface area contributed by atoms with E-state index >= 15 is 0 Å². The van der Waals surface area contributed by atoms with Crippen LogP contribution >= 0.6 is 0 Å². The highest BCUT2D eigenvalue weighted by Gasteiger charge is 2.53. The van der Waals surface area contributed by atoms with Crippen LogP contribution in [0.25, 0.3) is 0 Å². The highest BCUT2D eigenvalue weighted by molar-refractivity contribution is 5.91. The number of amides is 1. The molecule has 0 spiro atoms. The zero-order valence-electron chi connectivity index (χ0n) is 14.9. The topological polar surface area (TPSA) is 47.3 Å². The molecule has 1 saturated heterocycles.